The molecular formula is C22H25ClFN5O3. The first-order valence-corrected chi connectivity index (χ1v) is 10.2. The molecule has 1 aliphatic rings. The summed E-state index contributed by atoms with van der Waals surface area (Å²) < 4.78 is 24.3. The molecule has 10 heteroatoms. The zero-order chi connectivity index (χ0) is 21.5. The minimum atomic E-state index is -0.454. The van der Waals surface area contributed by atoms with Crippen molar-refractivity contribution in [2.24, 2.45) is 0 Å². The Labute approximate surface area is 191 Å². The summed E-state index contributed by atoms with van der Waals surface area (Å²) in [6.07, 6.45) is 0.970. The van der Waals surface area contributed by atoms with Crippen molar-refractivity contribution < 1.29 is 18.3 Å². The van der Waals surface area contributed by atoms with Gasteiger partial charge in [-0.05, 0) is 55.4 Å². The van der Waals surface area contributed by atoms with E-state index in [9.17, 15) is 9.18 Å². The quantitative estimate of drug-likeness (QED) is 0.494. The maximum Gasteiger partial charge on any atom is 0.315 e. The van der Waals surface area contributed by atoms with E-state index < -0.39 is 5.82 Å². The van der Waals surface area contributed by atoms with Crippen LogP contribution in [-0.2, 0) is 4.74 Å². The van der Waals surface area contributed by atoms with Gasteiger partial charge in [-0.25, -0.2) is 4.39 Å². The molecule has 0 unspecified atom stereocenters. The van der Waals surface area contributed by atoms with E-state index >= 15 is 0 Å². The molecule has 0 radical (unpaired) electrons. The predicted molar refractivity (Wildman–Crippen MR) is 122 cm³/mol. The Morgan fingerprint density at radius 1 is 1.09 bits per heavy atom. The van der Waals surface area contributed by atoms with Gasteiger partial charge < -0.3 is 19.8 Å². The van der Waals surface area contributed by atoms with Crippen LogP contribution in [0.2, 0.25) is 0 Å². The van der Waals surface area contributed by atoms with E-state index in [1.165, 1.54) is 18.2 Å². The SMILES string of the molecule is Cl.O=C(Nc1ccc(-c2nnc(NCCCN3CCOCC3)o2)cc1)c1cccc(F)c1. The van der Waals surface area contributed by atoms with E-state index in [2.05, 4.69) is 25.7 Å². The summed E-state index contributed by atoms with van der Waals surface area (Å²) in [5.41, 5.74) is 1.57. The van der Waals surface area contributed by atoms with E-state index in [-0.39, 0.29) is 23.9 Å². The Kier molecular flexibility index (Phi) is 8.55. The van der Waals surface area contributed by atoms with Crippen LogP contribution in [0.5, 0.6) is 0 Å². The standard InChI is InChI=1S/C22H24FN5O3.ClH/c23-18-4-1-3-17(15-18)20(29)25-19-7-5-16(6-8-19)21-26-27-22(31-21)24-9-2-10-28-11-13-30-14-12-28;/h1,3-8,15H,2,9-14H2,(H,24,27)(H,25,29);1H. The fourth-order valence-electron chi connectivity index (χ4n) is 3.26. The largest absolute Gasteiger partial charge is 0.403 e. The molecule has 0 saturated carbocycles. The molecule has 170 valence electrons. The normalized spacial score (nSPS) is 13.9. The summed E-state index contributed by atoms with van der Waals surface area (Å²) in [7, 11) is 0. The molecule has 1 amide bonds. The maximum atomic E-state index is 13.3. The van der Waals surface area contributed by atoms with Gasteiger partial charge >= 0.3 is 6.01 Å². The van der Waals surface area contributed by atoms with Crippen molar-refractivity contribution in [1.29, 1.82) is 0 Å². The summed E-state index contributed by atoms with van der Waals surface area (Å²) in [6, 6.07) is 12.9. The minimum Gasteiger partial charge on any atom is -0.403 e. The highest BCUT2D eigenvalue weighted by atomic mass is 35.5. The molecule has 1 aromatic heterocycles. The van der Waals surface area contributed by atoms with Crippen molar-refractivity contribution in [2.75, 3.05) is 50.0 Å². The third kappa shape index (κ3) is 6.49. The number of anilines is 2. The second kappa shape index (κ2) is 11.6. The number of nitrogens with one attached hydrogen (secondary N) is 2. The van der Waals surface area contributed by atoms with Gasteiger partial charge in [0.25, 0.3) is 5.91 Å². The summed E-state index contributed by atoms with van der Waals surface area (Å²) >= 11 is 0. The molecule has 1 fully saturated rings. The number of hydrogen-bond donors (Lipinski definition) is 2. The first-order valence-electron chi connectivity index (χ1n) is 10.2. The molecule has 4 rings (SSSR count). The third-order valence-corrected chi connectivity index (χ3v) is 4.93. The van der Waals surface area contributed by atoms with Gasteiger partial charge in [-0.2, -0.15) is 0 Å². The van der Waals surface area contributed by atoms with Gasteiger partial charge in [0.1, 0.15) is 5.82 Å². The van der Waals surface area contributed by atoms with Crippen LogP contribution in [0.4, 0.5) is 16.1 Å². The number of aromatic nitrogens is 2. The molecule has 0 aliphatic carbocycles. The number of hydrogen-bond acceptors (Lipinski definition) is 7. The number of benzene rings is 2. The highest BCUT2D eigenvalue weighted by Gasteiger charge is 2.12. The smallest absolute Gasteiger partial charge is 0.315 e. The molecule has 2 N–H and O–H groups in total. The van der Waals surface area contributed by atoms with E-state index in [1.54, 1.807) is 30.3 Å². The molecule has 2 aromatic carbocycles. The van der Waals surface area contributed by atoms with Gasteiger partial charge in [-0.3, -0.25) is 9.69 Å². The number of carbonyl (C=O) groups is 1. The fraction of sp³-hybridized carbons (Fsp3) is 0.318. The van der Waals surface area contributed by atoms with Crippen LogP contribution in [0.25, 0.3) is 11.5 Å². The summed E-state index contributed by atoms with van der Waals surface area (Å²) in [5, 5.41) is 14.0. The summed E-state index contributed by atoms with van der Waals surface area (Å²) in [6.45, 7) is 5.29. The molecule has 2 heterocycles. The lowest BCUT2D eigenvalue weighted by Crippen LogP contribution is -2.37. The number of morpholine rings is 1. The topological polar surface area (TPSA) is 92.5 Å². The van der Waals surface area contributed by atoms with Crippen LogP contribution < -0.4 is 10.6 Å². The second-order valence-corrected chi connectivity index (χ2v) is 7.19. The van der Waals surface area contributed by atoms with Crippen LogP contribution in [0, 0.1) is 5.82 Å². The number of carbonyl (C=O) groups excluding carboxylic acids is 1. The highest BCUT2D eigenvalue weighted by molar-refractivity contribution is 6.04. The van der Waals surface area contributed by atoms with Crippen LogP contribution in [0.3, 0.4) is 0 Å². The fourth-order valence-corrected chi connectivity index (χ4v) is 3.26. The zero-order valence-electron chi connectivity index (χ0n) is 17.4. The van der Waals surface area contributed by atoms with Gasteiger partial charge in [0.05, 0.1) is 13.2 Å². The summed E-state index contributed by atoms with van der Waals surface area (Å²) in [5.74, 6) is -0.447. The molecule has 1 saturated heterocycles. The number of ether oxygens (including phenoxy) is 1. The van der Waals surface area contributed by atoms with Gasteiger partial charge in [-0.1, -0.05) is 11.2 Å². The van der Waals surface area contributed by atoms with E-state index in [0.29, 0.717) is 17.6 Å². The van der Waals surface area contributed by atoms with Crippen molar-refractivity contribution in [3.63, 3.8) is 0 Å². The minimum absolute atomic E-state index is 0. The Morgan fingerprint density at radius 2 is 1.88 bits per heavy atom. The number of nitrogens with zero attached hydrogens (tertiary/aromatic N) is 3. The van der Waals surface area contributed by atoms with Crippen molar-refractivity contribution in [3.8, 4) is 11.5 Å². The maximum absolute atomic E-state index is 13.3. The van der Waals surface area contributed by atoms with Crippen LogP contribution in [-0.4, -0.2) is 60.4 Å². The third-order valence-electron chi connectivity index (χ3n) is 4.93. The molecular weight excluding hydrogens is 437 g/mol. The van der Waals surface area contributed by atoms with E-state index in [4.69, 9.17) is 9.15 Å². The summed E-state index contributed by atoms with van der Waals surface area (Å²) in [4.78, 5) is 14.6. The first kappa shape index (κ1) is 23.6. The Bertz CT molecular complexity index is 1010. The molecule has 3 aromatic rings. The first-order chi connectivity index (χ1) is 15.2. The number of rotatable bonds is 8. The predicted octanol–water partition coefficient (Wildman–Crippen LogP) is 3.68. The number of halogens is 2. The highest BCUT2D eigenvalue weighted by Crippen LogP contribution is 2.22. The van der Waals surface area contributed by atoms with Crippen molar-refractivity contribution >= 4 is 30.0 Å². The Balaban J connectivity index is 0.00000289. The van der Waals surface area contributed by atoms with Gasteiger partial charge in [0, 0.05) is 36.4 Å². The lowest BCUT2D eigenvalue weighted by molar-refractivity contribution is 0.0378. The monoisotopic (exact) mass is 461 g/mol. The van der Waals surface area contributed by atoms with Crippen LogP contribution in [0.15, 0.2) is 52.9 Å². The van der Waals surface area contributed by atoms with Crippen molar-refractivity contribution in [1.82, 2.24) is 15.1 Å². The molecule has 1 aliphatic heterocycles. The lowest BCUT2D eigenvalue weighted by Gasteiger charge is -2.26. The molecule has 8 nitrogen and oxygen atoms in total. The van der Waals surface area contributed by atoms with Crippen LogP contribution >= 0.6 is 12.4 Å². The van der Waals surface area contributed by atoms with E-state index in [0.717, 1.165) is 51.4 Å². The average Bonchev–Trinajstić information content (AvgIpc) is 3.27. The zero-order valence-corrected chi connectivity index (χ0v) is 18.2. The van der Waals surface area contributed by atoms with E-state index in [1.807, 2.05) is 0 Å². The van der Waals surface area contributed by atoms with Gasteiger partial charge in [-0.15, -0.1) is 17.5 Å². The lowest BCUT2D eigenvalue weighted by atomic mass is 10.2. The molecule has 32 heavy (non-hydrogen) atoms. The number of amides is 1. The second-order valence-electron chi connectivity index (χ2n) is 7.19. The Hall–Kier alpha value is -3.01. The Morgan fingerprint density at radius 3 is 2.62 bits per heavy atom. The van der Waals surface area contributed by atoms with Gasteiger partial charge in [0.2, 0.25) is 5.89 Å². The molecule has 0 spiro atoms. The van der Waals surface area contributed by atoms with Crippen LogP contribution in [0.1, 0.15) is 16.8 Å². The average molecular weight is 462 g/mol. The molecule has 0 atom stereocenters. The molecule has 0 bridgehead atoms. The van der Waals surface area contributed by atoms with Crippen molar-refractivity contribution in [2.45, 2.75) is 6.42 Å². The van der Waals surface area contributed by atoms with Gasteiger partial charge in [0.15, 0.2) is 0 Å². The van der Waals surface area contributed by atoms with Crippen molar-refractivity contribution in [3.05, 3.63) is 59.9 Å².